The Balaban J connectivity index is 1.41. The maximum Gasteiger partial charge on any atom is 0.265 e. The van der Waals surface area contributed by atoms with Crippen molar-refractivity contribution in [2.45, 2.75) is 19.3 Å². The van der Waals surface area contributed by atoms with Crippen molar-refractivity contribution in [1.82, 2.24) is 19.7 Å². The van der Waals surface area contributed by atoms with Crippen LogP contribution < -0.4 is 5.32 Å². The highest BCUT2D eigenvalue weighted by Crippen LogP contribution is 2.22. The van der Waals surface area contributed by atoms with Crippen molar-refractivity contribution in [2.24, 2.45) is 0 Å². The molecule has 0 aliphatic carbocycles. The number of nitrogens with one attached hydrogen (secondary N) is 1. The number of hydrogen-bond donors (Lipinski definition) is 1. The van der Waals surface area contributed by atoms with Crippen LogP contribution in [0.15, 0.2) is 49.1 Å². The van der Waals surface area contributed by atoms with Gasteiger partial charge >= 0.3 is 0 Å². The van der Waals surface area contributed by atoms with Crippen LogP contribution in [0.25, 0.3) is 5.69 Å². The third kappa shape index (κ3) is 3.90. The van der Waals surface area contributed by atoms with Gasteiger partial charge in [-0.3, -0.25) is 9.59 Å². The normalized spacial score (nSPS) is 14.1. The number of carbonyl (C=O) groups excluding carboxylic acids is 2. The number of carbonyl (C=O) groups is 2. The minimum Gasteiger partial charge on any atom is -0.338 e. The van der Waals surface area contributed by atoms with Gasteiger partial charge in [0.15, 0.2) is 0 Å². The van der Waals surface area contributed by atoms with E-state index in [0.29, 0.717) is 15.4 Å². The summed E-state index contributed by atoms with van der Waals surface area (Å²) in [5.74, 6) is -0.192. The first kappa shape index (κ1) is 17.4. The molecule has 8 heteroatoms. The van der Waals surface area contributed by atoms with Crippen LogP contribution >= 0.6 is 11.3 Å². The molecule has 0 radical (unpaired) electrons. The maximum atomic E-state index is 12.5. The largest absolute Gasteiger partial charge is 0.338 e. The van der Waals surface area contributed by atoms with E-state index in [1.165, 1.54) is 24.1 Å². The van der Waals surface area contributed by atoms with Crippen molar-refractivity contribution in [3.63, 3.8) is 0 Å². The van der Waals surface area contributed by atoms with Gasteiger partial charge in [0.25, 0.3) is 11.8 Å². The first-order chi connectivity index (χ1) is 13.2. The van der Waals surface area contributed by atoms with Crippen molar-refractivity contribution in [3.8, 4) is 5.69 Å². The number of hydrogen-bond acceptors (Lipinski definition) is 5. The molecule has 138 valence electrons. The van der Waals surface area contributed by atoms with E-state index >= 15 is 0 Å². The molecular weight excluding hydrogens is 362 g/mol. The lowest BCUT2D eigenvalue weighted by atomic mass is 10.1. The monoisotopic (exact) mass is 381 g/mol. The van der Waals surface area contributed by atoms with Crippen molar-refractivity contribution >= 4 is 28.8 Å². The second-order valence-corrected chi connectivity index (χ2v) is 7.44. The van der Waals surface area contributed by atoms with E-state index in [4.69, 9.17) is 0 Å². The molecule has 1 saturated heterocycles. The van der Waals surface area contributed by atoms with Gasteiger partial charge in [-0.05, 0) is 55.7 Å². The highest BCUT2D eigenvalue weighted by Gasteiger charge is 2.21. The third-order valence-electron chi connectivity index (χ3n) is 4.49. The summed E-state index contributed by atoms with van der Waals surface area (Å²) in [4.78, 5) is 31.9. The molecular formula is C19H19N5O2S. The average molecular weight is 381 g/mol. The molecule has 27 heavy (non-hydrogen) atoms. The summed E-state index contributed by atoms with van der Waals surface area (Å²) in [6.45, 7) is 1.60. The molecule has 0 bridgehead atoms. The predicted octanol–water partition coefficient (Wildman–Crippen LogP) is 3.21. The van der Waals surface area contributed by atoms with Crippen LogP contribution in [0.4, 0.5) is 5.69 Å². The molecule has 0 spiro atoms. The second-order valence-electron chi connectivity index (χ2n) is 6.36. The maximum absolute atomic E-state index is 12.5. The van der Waals surface area contributed by atoms with E-state index in [1.54, 1.807) is 23.1 Å². The number of likely N-dealkylation sites (tertiary alicyclic amines) is 1. The zero-order valence-electron chi connectivity index (χ0n) is 14.7. The van der Waals surface area contributed by atoms with Crippen molar-refractivity contribution < 1.29 is 9.59 Å². The Labute approximate surface area is 160 Å². The Kier molecular flexibility index (Phi) is 4.97. The van der Waals surface area contributed by atoms with Crippen molar-refractivity contribution in [3.05, 3.63) is 58.8 Å². The fourth-order valence-corrected chi connectivity index (χ4v) is 3.93. The summed E-state index contributed by atoms with van der Waals surface area (Å²) in [5, 5.41) is 6.93. The molecule has 4 rings (SSSR count). The average Bonchev–Trinajstić information content (AvgIpc) is 3.41. The highest BCUT2D eigenvalue weighted by molar-refractivity contribution is 7.16. The summed E-state index contributed by atoms with van der Waals surface area (Å²) in [6.07, 6.45) is 6.36. The Hall–Kier alpha value is -3.00. The van der Waals surface area contributed by atoms with E-state index in [2.05, 4.69) is 15.4 Å². The lowest BCUT2D eigenvalue weighted by molar-refractivity contribution is 0.0729. The first-order valence-electron chi connectivity index (χ1n) is 8.86. The number of amides is 2. The molecule has 0 atom stereocenters. The number of piperidine rings is 1. The molecule has 1 aliphatic rings. The summed E-state index contributed by atoms with van der Waals surface area (Å²) in [6, 6.07) is 10.8. The molecule has 1 aliphatic heterocycles. The number of benzene rings is 1. The quantitative estimate of drug-likeness (QED) is 0.753. The smallest absolute Gasteiger partial charge is 0.265 e. The number of anilines is 1. The molecule has 1 N–H and O–H groups in total. The number of thiophene rings is 1. The predicted molar refractivity (Wildman–Crippen MR) is 103 cm³/mol. The number of aromatic nitrogens is 3. The summed E-state index contributed by atoms with van der Waals surface area (Å²) in [7, 11) is 0. The van der Waals surface area contributed by atoms with Crippen LogP contribution in [-0.2, 0) is 0 Å². The van der Waals surface area contributed by atoms with Gasteiger partial charge in [-0.15, -0.1) is 11.3 Å². The van der Waals surface area contributed by atoms with Gasteiger partial charge in [0, 0.05) is 18.8 Å². The third-order valence-corrected chi connectivity index (χ3v) is 5.56. The SMILES string of the molecule is O=C(Nc1ccc(-n2cncn2)cc1)c1ccc(C(=O)N2CCCCC2)s1. The van der Waals surface area contributed by atoms with E-state index in [1.807, 2.05) is 29.2 Å². The fourth-order valence-electron chi connectivity index (χ4n) is 3.06. The molecule has 7 nitrogen and oxygen atoms in total. The Morgan fingerprint density at radius 1 is 0.963 bits per heavy atom. The summed E-state index contributed by atoms with van der Waals surface area (Å²) < 4.78 is 1.64. The molecule has 3 aromatic rings. The van der Waals surface area contributed by atoms with Crippen molar-refractivity contribution in [2.75, 3.05) is 18.4 Å². The molecule has 3 heterocycles. The van der Waals surface area contributed by atoms with Gasteiger partial charge in [-0.2, -0.15) is 5.10 Å². The summed E-state index contributed by atoms with van der Waals surface area (Å²) >= 11 is 1.24. The van der Waals surface area contributed by atoms with Crippen LogP contribution in [0.2, 0.25) is 0 Å². The van der Waals surface area contributed by atoms with E-state index in [0.717, 1.165) is 31.6 Å². The van der Waals surface area contributed by atoms with Crippen LogP contribution in [0.3, 0.4) is 0 Å². The Morgan fingerprint density at radius 3 is 2.41 bits per heavy atom. The van der Waals surface area contributed by atoms with Crippen molar-refractivity contribution in [1.29, 1.82) is 0 Å². The van der Waals surface area contributed by atoms with Gasteiger partial charge in [0.1, 0.15) is 12.7 Å². The Bertz CT molecular complexity index is 927. The molecule has 0 saturated carbocycles. The summed E-state index contributed by atoms with van der Waals surface area (Å²) in [5.41, 5.74) is 1.54. The molecule has 2 amide bonds. The number of rotatable bonds is 4. The molecule has 1 aromatic carbocycles. The van der Waals surface area contributed by atoms with Gasteiger partial charge in [0.05, 0.1) is 15.4 Å². The standard InChI is InChI=1S/C19H19N5O2S/c25-18(22-14-4-6-15(7-5-14)24-13-20-12-21-24)16-8-9-17(27-16)19(26)23-10-2-1-3-11-23/h4-9,12-13H,1-3,10-11H2,(H,22,25). The second kappa shape index (κ2) is 7.71. The minimum atomic E-state index is -0.216. The minimum absolute atomic E-state index is 0.0240. The molecule has 2 aromatic heterocycles. The van der Waals surface area contributed by atoms with E-state index < -0.39 is 0 Å². The molecule has 1 fully saturated rings. The van der Waals surface area contributed by atoms with Gasteiger partial charge in [-0.25, -0.2) is 9.67 Å². The highest BCUT2D eigenvalue weighted by atomic mass is 32.1. The van der Waals surface area contributed by atoms with Gasteiger partial charge in [0.2, 0.25) is 0 Å². The zero-order valence-corrected chi connectivity index (χ0v) is 15.5. The first-order valence-corrected chi connectivity index (χ1v) is 9.68. The van der Waals surface area contributed by atoms with Gasteiger partial charge in [-0.1, -0.05) is 0 Å². The van der Waals surface area contributed by atoms with Crippen LogP contribution in [-0.4, -0.2) is 44.6 Å². The van der Waals surface area contributed by atoms with Crippen LogP contribution in [0.5, 0.6) is 0 Å². The van der Waals surface area contributed by atoms with Crippen LogP contribution in [0.1, 0.15) is 38.6 Å². The lowest BCUT2D eigenvalue weighted by Gasteiger charge is -2.26. The fraction of sp³-hybridized carbons (Fsp3) is 0.263. The Morgan fingerprint density at radius 2 is 1.70 bits per heavy atom. The van der Waals surface area contributed by atoms with E-state index in [9.17, 15) is 9.59 Å². The van der Waals surface area contributed by atoms with Gasteiger partial charge < -0.3 is 10.2 Å². The van der Waals surface area contributed by atoms with E-state index in [-0.39, 0.29) is 11.8 Å². The van der Waals surface area contributed by atoms with Crippen LogP contribution in [0, 0.1) is 0 Å². The lowest BCUT2D eigenvalue weighted by Crippen LogP contribution is -2.35. The number of nitrogens with zero attached hydrogens (tertiary/aromatic N) is 4. The topological polar surface area (TPSA) is 80.1 Å². The zero-order chi connectivity index (χ0) is 18.6. The molecule has 0 unspecified atom stereocenters.